The molecule has 0 bridgehead atoms. The number of rotatable bonds is 1. The fourth-order valence-corrected chi connectivity index (χ4v) is 7.18. The van der Waals surface area contributed by atoms with E-state index in [4.69, 9.17) is 0 Å². The summed E-state index contributed by atoms with van der Waals surface area (Å²) in [5.74, 6) is 1.02. The van der Waals surface area contributed by atoms with Crippen molar-refractivity contribution in [2.45, 2.75) is 62.9 Å². The molecule has 1 aromatic carbocycles. The summed E-state index contributed by atoms with van der Waals surface area (Å²) in [6, 6.07) is 5.81. The van der Waals surface area contributed by atoms with Crippen molar-refractivity contribution in [1.82, 2.24) is 0 Å². The molecule has 0 aromatic heterocycles. The lowest BCUT2D eigenvalue weighted by Crippen LogP contribution is -2.47. The van der Waals surface area contributed by atoms with Gasteiger partial charge in [-0.25, -0.2) is 0 Å². The van der Waals surface area contributed by atoms with Gasteiger partial charge in [-0.15, -0.1) is 0 Å². The Hall–Kier alpha value is -1.06. The third kappa shape index (κ3) is 1.45. The second-order valence-corrected chi connectivity index (χ2v) is 8.92. The van der Waals surface area contributed by atoms with E-state index in [1.165, 1.54) is 17.5 Å². The molecule has 0 saturated heterocycles. The first-order valence-corrected chi connectivity index (χ1v) is 9.09. The molecule has 1 aromatic rings. The first kappa shape index (κ1) is 14.3. The van der Waals surface area contributed by atoms with Crippen LogP contribution in [0, 0.1) is 16.7 Å². The number of fused-ring (bicyclic) bond motifs is 2. The largest absolute Gasteiger partial charge is 0.508 e. The Kier molecular flexibility index (Phi) is 2.56. The summed E-state index contributed by atoms with van der Waals surface area (Å²) in [5, 5.41) is 30.5. The van der Waals surface area contributed by atoms with Gasteiger partial charge < -0.3 is 15.3 Å². The van der Waals surface area contributed by atoms with Gasteiger partial charge in [0.25, 0.3) is 0 Å². The molecule has 0 amide bonds. The van der Waals surface area contributed by atoms with Crippen molar-refractivity contribution in [3.8, 4) is 5.75 Å². The van der Waals surface area contributed by atoms with Crippen LogP contribution in [0.25, 0.3) is 0 Å². The maximum absolute atomic E-state index is 10.6. The standard InChI is InChI=1S/C20H26O3/c1-18-6-7-19-11-20(19,16(18)4-5-17(18)23)9-12(10-21)14-8-13(22)2-3-15(14)19/h2-3,8,12,16-17,21-23H,4-7,9-11H2,1H3. The lowest BCUT2D eigenvalue weighted by molar-refractivity contribution is -0.0303. The Balaban J connectivity index is 1.67. The van der Waals surface area contributed by atoms with Crippen LogP contribution in [0.1, 0.15) is 62.5 Å². The van der Waals surface area contributed by atoms with Crippen LogP contribution in [0.5, 0.6) is 5.75 Å². The highest BCUT2D eigenvalue weighted by atomic mass is 16.3. The predicted molar refractivity (Wildman–Crippen MR) is 87.4 cm³/mol. The number of hydrogen-bond acceptors (Lipinski definition) is 3. The SMILES string of the molecule is CC12CCC34CC3(CC(CO)c3cc(O)ccc34)C1CCC2O. The first-order chi connectivity index (χ1) is 11.0. The van der Waals surface area contributed by atoms with Gasteiger partial charge in [-0.3, -0.25) is 0 Å². The maximum atomic E-state index is 10.6. The molecule has 0 spiro atoms. The smallest absolute Gasteiger partial charge is 0.115 e. The van der Waals surface area contributed by atoms with Crippen molar-refractivity contribution in [3.63, 3.8) is 0 Å². The van der Waals surface area contributed by atoms with Crippen LogP contribution in [0.15, 0.2) is 18.2 Å². The Morgan fingerprint density at radius 2 is 2.04 bits per heavy atom. The van der Waals surface area contributed by atoms with Gasteiger partial charge in [0.15, 0.2) is 0 Å². The molecule has 6 atom stereocenters. The van der Waals surface area contributed by atoms with Crippen LogP contribution in [0.2, 0.25) is 0 Å². The minimum atomic E-state index is -0.158. The molecular weight excluding hydrogens is 288 g/mol. The summed E-state index contributed by atoms with van der Waals surface area (Å²) in [5.41, 5.74) is 3.13. The van der Waals surface area contributed by atoms with Gasteiger partial charge in [0.05, 0.1) is 6.10 Å². The van der Waals surface area contributed by atoms with Crippen molar-refractivity contribution in [1.29, 1.82) is 0 Å². The van der Waals surface area contributed by atoms with E-state index in [0.717, 1.165) is 32.1 Å². The van der Waals surface area contributed by atoms with Gasteiger partial charge in [0, 0.05) is 17.9 Å². The lowest BCUT2D eigenvalue weighted by Gasteiger charge is -2.51. The van der Waals surface area contributed by atoms with Crippen molar-refractivity contribution in [2.75, 3.05) is 6.61 Å². The molecule has 3 heteroatoms. The molecule has 3 fully saturated rings. The average Bonchev–Trinajstić information content (AvgIpc) is 3.13. The van der Waals surface area contributed by atoms with Gasteiger partial charge >= 0.3 is 0 Å². The minimum absolute atomic E-state index is 0.0639. The van der Waals surface area contributed by atoms with Crippen LogP contribution in [0.3, 0.4) is 0 Å². The van der Waals surface area contributed by atoms with Gasteiger partial charge in [-0.2, -0.15) is 0 Å². The normalized spacial score (nSPS) is 49.8. The van der Waals surface area contributed by atoms with Crippen molar-refractivity contribution in [3.05, 3.63) is 29.3 Å². The highest BCUT2D eigenvalue weighted by Gasteiger charge is 2.78. The van der Waals surface area contributed by atoms with E-state index >= 15 is 0 Å². The van der Waals surface area contributed by atoms with Crippen LogP contribution in [0.4, 0.5) is 0 Å². The third-order valence-electron chi connectivity index (χ3n) is 8.31. The number of benzene rings is 1. The van der Waals surface area contributed by atoms with E-state index in [-0.39, 0.29) is 34.9 Å². The molecule has 23 heavy (non-hydrogen) atoms. The van der Waals surface area contributed by atoms with Crippen molar-refractivity contribution in [2.24, 2.45) is 16.7 Å². The Labute approximate surface area is 137 Å². The van der Waals surface area contributed by atoms with E-state index in [1.54, 1.807) is 0 Å². The first-order valence-electron chi connectivity index (χ1n) is 9.09. The molecule has 5 rings (SSSR count). The maximum Gasteiger partial charge on any atom is 0.115 e. The molecular formula is C20H26O3. The van der Waals surface area contributed by atoms with Gasteiger partial charge in [0.1, 0.15) is 5.75 Å². The highest BCUT2D eigenvalue weighted by molar-refractivity contribution is 5.53. The average molecular weight is 314 g/mol. The summed E-state index contributed by atoms with van der Waals surface area (Å²) in [6.07, 6.45) is 6.39. The van der Waals surface area contributed by atoms with E-state index < -0.39 is 0 Å². The Morgan fingerprint density at radius 3 is 2.83 bits per heavy atom. The summed E-state index contributed by atoms with van der Waals surface area (Å²) in [4.78, 5) is 0. The fourth-order valence-electron chi connectivity index (χ4n) is 7.18. The van der Waals surface area contributed by atoms with Crippen LogP contribution >= 0.6 is 0 Å². The number of aliphatic hydroxyl groups is 2. The van der Waals surface area contributed by atoms with Crippen molar-refractivity contribution >= 4 is 0 Å². The Bertz CT molecular complexity index is 685. The number of aliphatic hydroxyl groups excluding tert-OH is 2. The monoisotopic (exact) mass is 314 g/mol. The molecule has 3 saturated carbocycles. The summed E-state index contributed by atoms with van der Waals surface area (Å²) in [7, 11) is 0. The van der Waals surface area contributed by atoms with Crippen LogP contribution in [-0.4, -0.2) is 28.0 Å². The van der Waals surface area contributed by atoms with E-state index in [1.807, 2.05) is 12.1 Å². The highest BCUT2D eigenvalue weighted by Crippen LogP contribution is 2.83. The van der Waals surface area contributed by atoms with E-state index in [0.29, 0.717) is 11.7 Å². The lowest BCUT2D eigenvalue weighted by atomic mass is 9.54. The Morgan fingerprint density at radius 1 is 1.22 bits per heavy atom. The van der Waals surface area contributed by atoms with Crippen LogP contribution in [-0.2, 0) is 5.41 Å². The zero-order chi connectivity index (χ0) is 16.0. The minimum Gasteiger partial charge on any atom is -0.508 e. The zero-order valence-electron chi connectivity index (χ0n) is 13.8. The van der Waals surface area contributed by atoms with Gasteiger partial charge in [-0.05, 0) is 78.5 Å². The molecule has 3 N–H and O–H groups in total. The van der Waals surface area contributed by atoms with Crippen LogP contribution < -0.4 is 0 Å². The number of phenolic OH excluding ortho intramolecular Hbond substituents is 1. The fraction of sp³-hybridized carbons (Fsp3) is 0.700. The topological polar surface area (TPSA) is 60.7 Å². The number of phenols is 1. The summed E-state index contributed by atoms with van der Waals surface area (Å²) < 4.78 is 0. The quantitative estimate of drug-likeness (QED) is 0.746. The molecule has 0 heterocycles. The molecule has 0 radical (unpaired) electrons. The third-order valence-corrected chi connectivity index (χ3v) is 8.31. The van der Waals surface area contributed by atoms with E-state index in [2.05, 4.69) is 13.0 Å². The molecule has 0 aliphatic heterocycles. The number of aromatic hydroxyl groups is 1. The number of hydrogen-bond donors (Lipinski definition) is 3. The molecule has 4 aliphatic rings. The molecule has 6 unspecified atom stereocenters. The molecule has 3 nitrogen and oxygen atoms in total. The van der Waals surface area contributed by atoms with Crippen molar-refractivity contribution < 1.29 is 15.3 Å². The molecule has 4 aliphatic carbocycles. The summed E-state index contributed by atoms with van der Waals surface area (Å²) in [6.45, 7) is 2.45. The van der Waals surface area contributed by atoms with Gasteiger partial charge in [-0.1, -0.05) is 13.0 Å². The second-order valence-electron chi connectivity index (χ2n) is 8.92. The summed E-state index contributed by atoms with van der Waals surface area (Å²) >= 11 is 0. The van der Waals surface area contributed by atoms with E-state index in [9.17, 15) is 15.3 Å². The van der Waals surface area contributed by atoms with Gasteiger partial charge in [0.2, 0.25) is 0 Å². The predicted octanol–water partition coefficient (Wildman–Crippen LogP) is 3.07. The molecule has 124 valence electrons. The zero-order valence-corrected chi connectivity index (χ0v) is 13.8. The second kappa shape index (κ2) is 4.12.